The molecule has 2 aromatic heterocycles. The minimum absolute atomic E-state index is 0.222. The number of benzene rings is 1. The lowest BCUT2D eigenvalue weighted by molar-refractivity contribution is -0.116. The van der Waals surface area contributed by atoms with Crippen molar-refractivity contribution in [1.82, 2.24) is 10.5 Å². The van der Waals surface area contributed by atoms with Crippen molar-refractivity contribution in [1.29, 1.82) is 0 Å². The number of nitrogens with one attached hydrogen (secondary N) is 1. The number of hydrogen-bond acceptors (Lipinski definition) is 6. The number of carbonyl (C=O) groups excluding carboxylic acids is 1. The second-order valence-corrected chi connectivity index (χ2v) is 6.27. The van der Waals surface area contributed by atoms with E-state index >= 15 is 0 Å². The topological polar surface area (TPSA) is 73.6 Å². The predicted octanol–water partition coefficient (Wildman–Crippen LogP) is 3.75. The minimum Gasteiger partial charge on any atom is -0.493 e. The van der Waals surface area contributed by atoms with Crippen LogP contribution < -0.4 is 14.8 Å². The third-order valence-electron chi connectivity index (χ3n) is 3.60. The highest BCUT2D eigenvalue weighted by atomic mass is 32.1. The molecule has 7 heteroatoms. The second-order valence-electron chi connectivity index (χ2n) is 5.33. The molecule has 0 unspecified atom stereocenters. The van der Waals surface area contributed by atoms with Crippen LogP contribution in [-0.4, -0.2) is 25.3 Å². The van der Waals surface area contributed by atoms with E-state index in [9.17, 15) is 4.79 Å². The summed E-state index contributed by atoms with van der Waals surface area (Å²) in [6.45, 7) is 0.296. The molecule has 0 aliphatic heterocycles. The smallest absolute Gasteiger partial charge is 0.244 e. The molecule has 2 heterocycles. The zero-order chi connectivity index (χ0) is 18.4. The number of aromatic nitrogens is 1. The summed E-state index contributed by atoms with van der Waals surface area (Å²) in [7, 11) is 3.15. The molecule has 0 radical (unpaired) electrons. The fourth-order valence-corrected chi connectivity index (χ4v) is 2.97. The molecule has 3 aromatic rings. The molecule has 0 aliphatic rings. The molecule has 0 bridgehead atoms. The highest BCUT2D eigenvalue weighted by Crippen LogP contribution is 2.28. The molecule has 1 aromatic carbocycles. The van der Waals surface area contributed by atoms with Crippen molar-refractivity contribution in [2.75, 3.05) is 14.2 Å². The van der Waals surface area contributed by atoms with Gasteiger partial charge in [0.25, 0.3) is 0 Å². The Hall–Kier alpha value is -3.06. The summed E-state index contributed by atoms with van der Waals surface area (Å²) in [5.41, 5.74) is 1.50. The van der Waals surface area contributed by atoms with Gasteiger partial charge < -0.3 is 19.3 Å². The number of ether oxygens (including phenoxy) is 2. The van der Waals surface area contributed by atoms with Gasteiger partial charge in [0.1, 0.15) is 5.69 Å². The molecular weight excluding hydrogens is 352 g/mol. The molecule has 0 saturated heterocycles. The van der Waals surface area contributed by atoms with E-state index in [1.54, 1.807) is 43.8 Å². The Kier molecular flexibility index (Phi) is 5.70. The first-order valence-corrected chi connectivity index (χ1v) is 8.75. The molecule has 0 fully saturated rings. The van der Waals surface area contributed by atoms with E-state index in [4.69, 9.17) is 14.0 Å². The van der Waals surface area contributed by atoms with Crippen molar-refractivity contribution in [2.45, 2.75) is 6.54 Å². The predicted molar refractivity (Wildman–Crippen MR) is 100 cm³/mol. The highest BCUT2D eigenvalue weighted by Gasteiger charge is 2.08. The van der Waals surface area contributed by atoms with E-state index < -0.39 is 0 Å². The molecule has 134 valence electrons. The summed E-state index contributed by atoms with van der Waals surface area (Å²) in [6.07, 6.45) is 3.17. The SMILES string of the molecule is COc1ccc(C=CC(=O)NCc2cc(-c3cccs3)on2)cc1OC. The van der Waals surface area contributed by atoms with Gasteiger partial charge in [-0.1, -0.05) is 17.3 Å². The average Bonchev–Trinajstić information content (AvgIpc) is 3.35. The Morgan fingerprint density at radius 2 is 2.08 bits per heavy atom. The van der Waals surface area contributed by atoms with Crippen molar-refractivity contribution in [3.8, 4) is 22.1 Å². The van der Waals surface area contributed by atoms with Crippen molar-refractivity contribution in [3.05, 3.63) is 59.1 Å². The largest absolute Gasteiger partial charge is 0.493 e. The Morgan fingerprint density at radius 3 is 2.81 bits per heavy atom. The van der Waals surface area contributed by atoms with Gasteiger partial charge in [-0.2, -0.15) is 0 Å². The number of nitrogens with zero attached hydrogens (tertiary/aromatic N) is 1. The first-order chi connectivity index (χ1) is 12.7. The van der Waals surface area contributed by atoms with E-state index in [1.165, 1.54) is 6.08 Å². The maximum Gasteiger partial charge on any atom is 0.244 e. The van der Waals surface area contributed by atoms with Gasteiger partial charge in [-0.15, -0.1) is 11.3 Å². The molecule has 1 amide bonds. The van der Waals surface area contributed by atoms with E-state index in [-0.39, 0.29) is 5.91 Å². The molecule has 0 atom stereocenters. The Morgan fingerprint density at radius 1 is 1.23 bits per heavy atom. The minimum atomic E-state index is -0.222. The Balaban J connectivity index is 1.56. The molecule has 3 rings (SSSR count). The Labute approximate surface area is 155 Å². The first kappa shape index (κ1) is 17.8. The summed E-state index contributed by atoms with van der Waals surface area (Å²) in [5.74, 6) is 1.73. The van der Waals surface area contributed by atoms with E-state index in [2.05, 4.69) is 10.5 Å². The maximum absolute atomic E-state index is 12.0. The number of hydrogen-bond donors (Lipinski definition) is 1. The third-order valence-corrected chi connectivity index (χ3v) is 4.49. The van der Waals surface area contributed by atoms with E-state index in [1.807, 2.05) is 29.6 Å². The summed E-state index contributed by atoms with van der Waals surface area (Å²) < 4.78 is 15.7. The van der Waals surface area contributed by atoms with Crippen molar-refractivity contribution < 1.29 is 18.8 Å². The highest BCUT2D eigenvalue weighted by molar-refractivity contribution is 7.13. The van der Waals surface area contributed by atoms with Crippen LogP contribution in [0.5, 0.6) is 11.5 Å². The van der Waals surface area contributed by atoms with Crippen LogP contribution in [0, 0.1) is 0 Å². The van der Waals surface area contributed by atoms with Gasteiger partial charge in [0.05, 0.1) is 25.6 Å². The fourth-order valence-electron chi connectivity index (χ4n) is 2.30. The molecule has 26 heavy (non-hydrogen) atoms. The number of rotatable bonds is 7. The lowest BCUT2D eigenvalue weighted by Crippen LogP contribution is -2.20. The average molecular weight is 370 g/mol. The molecule has 0 spiro atoms. The summed E-state index contributed by atoms with van der Waals surface area (Å²) in [4.78, 5) is 13.0. The zero-order valence-corrected chi connectivity index (χ0v) is 15.2. The number of carbonyl (C=O) groups is 1. The van der Waals surface area contributed by atoms with Crippen molar-refractivity contribution in [2.24, 2.45) is 0 Å². The molecule has 6 nitrogen and oxygen atoms in total. The number of amides is 1. The van der Waals surface area contributed by atoms with Crippen LogP contribution in [0.1, 0.15) is 11.3 Å². The van der Waals surface area contributed by atoms with Crippen LogP contribution in [-0.2, 0) is 11.3 Å². The third kappa shape index (κ3) is 4.31. The molecule has 0 saturated carbocycles. The van der Waals surface area contributed by atoms with Gasteiger partial charge >= 0.3 is 0 Å². The maximum atomic E-state index is 12.0. The van der Waals surface area contributed by atoms with Crippen LogP contribution in [0.25, 0.3) is 16.7 Å². The van der Waals surface area contributed by atoms with Crippen LogP contribution in [0.3, 0.4) is 0 Å². The van der Waals surface area contributed by atoms with Crippen molar-refractivity contribution >= 4 is 23.3 Å². The van der Waals surface area contributed by atoms with Gasteiger partial charge in [0.2, 0.25) is 5.91 Å². The molecule has 0 aliphatic carbocycles. The number of thiophene rings is 1. The van der Waals surface area contributed by atoms with Gasteiger partial charge in [-0.05, 0) is 35.2 Å². The van der Waals surface area contributed by atoms with E-state index in [0.29, 0.717) is 29.5 Å². The summed E-state index contributed by atoms with van der Waals surface area (Å²) in [6, 6.07) is 11.2. The van der Waals surface area contributed by atoms with E-state index in [0.717, 1.165) is 10.4 Å². The van der Waals surface area contributed by atoms with Crippen LogP contribution in [0.15, 0.2) is 52.4 Å². The quantitative estimate of drug-likeness (QED) is 0.641. The lowest BCUT2D eigenvalue weighted by Gasteiger charge is -2.07. The molecular formula is C19H18N2O4S. The molecule has 1 N–H and O–H groups in total. The lowest BCUT2D eigenvalue weighted by atomic mass is 10.2. The standard InChI is InChI=1S/C19H18N2O4S/c1-23-15-7-5-13(10-16(15)24-2)6-8-19(22)20-12-14-11-17(25-21-14)18-4-3-9-26-18/h3-11H,12H2,1-2H3,(H,20,22). The fraction of sp³-hybridized carbons (Fsp3) is 0.158. The summed E-state index contributed by atoms with van der Waals surface area (Å²) in [5, 5.41) is 8.72. The Bertz CT molecular complexity index is 900. The normalized spacial score (nSPS) is 10.8. The van der Waals surface area contributed by atoms with Crippen LogP contribution in [0.2, 0.25) is 0 Å². The van der Waals surface area contributed by atoms with Gasteiger partial charge in [0, 0.05) is 12.1 Å². The zero-order valence-electron chi connectivity index (χ0n) is 14.4. The van der Waals surface area contributed by atoms with Gasteiger partial charge in [0.15, 0.2) is 17.3 Å². The summed E-state index contributed by atoms with van der Waals surface area (Å²) >= 11 is 1.57. The van der Waals surface area contributed by atoms with Crippen molar-refractivity contribution in [3.63, 3.8) is 0 Å². The van der Waals surface area contributed by atoms with Gasteiger partial charge in [-0.25, -0.2) is 0 Å². The van der Waals surface area contributed by atoms with Crippen LogP contribution >= 0.6 is 11.3 Å². The second kappa shape index (κ2) is 8.35. The number of methoxy groups -OCH3 is 2. The monoisotopic (exact) mass is 370 g/mol. The van der Waals surface area contributed by atoms with Crippen LogP contribution in [0.4, 0.5) is 0 Å². The first-order valence-electron chi connectivity index (χ1n) is 7.87. The van der Waals surface area contributed by atoms with Gasteiger partial charge in [-0.3, -0.25) is 4.79 Å².